The third kappa shape index (κ3) is 2.56. The molecule has 2 heteroatoms. The average Bonchev–Trinajstić information content (AvgIpc) is 2.37. The first-order valence-corrected chi connectivity index (χ1v) is 6.44. The van der Waals surface area contributed by atoms with Crippen LogP contribution in [0.15, 0.2) is 30.3 Å². The Hall–Kier alpha value is -2.01. The van der Waals surface area contributed by atoms with Crippen molar-refractivity contribution in [3.63, 3.8) is 0 Å². The van der Waals surface area contributed by atoms with E-state index >= 15 is 0 Å². The lowest BCUT2D eigenvalue weighted by Crippen LogP contribution is -2.10. The van der Waals surface area contributed by atoms with Gasteiger partial charge in [0.2, 0.25) is 0 Å². The summed E-state index contributed by atoms with van der Waals surface area (Å²) in [5, 5.41) is 11.2. The molecule has 98 valence electrons. The third-order valence-electron chi connectivity index (χ3n) is 3.43. The summed E-state index contributed by atoms with van der Waals surface area (Å²) >= 11 is 0. The Balaban J connectivity index is 2.68. The third-order valence-corrected chi connectivity index (χ3v) is 3.43. The first kappa shape index (κ1) is 13.4. The van der Waals surface area contributed by atoms with Crippen LogP contribution < -0.4 is 4.74 Å². The normalized spacial score (nSPS) is 11.3. The molecule has 0 aliphatic rings. The second-order valence-corrected chi connectivity index (χ2v) is 5.77. The second-order valence-electron chi connectivity index (χ2n) is 5.77. The van der Waals surface area contributed by atoms with Crippen LogP contribution in [0.2, 0.25) is 0 Å². The maximum atomic E-state index is 8.98. The number of fused-ring (bicyclic) bond motifs is 1. The molecule has 0 bridgehead atoms. The van der Waals surface area contributed by atoms with Gasteiger partial charge in [0.1, 0.15) is 5.75 Å². The Bertz CT molecular complexity index is 645. The molecular weight excluding hydrogens is 234 g/mol. The van der Waals surface area contributed by atoms with Gasteiger partial charge in [-0.15, -0.1) is 0 Å². The summed E-state index contributed by atoms with van der Waals surface area (Å²) in [4.78, 5) is 0. The van der Waals surface area contributed by atoms with E-state index in [1.807, 2.05) is 6.07 Å². The van der Waals surface area contributed by atoms with E-state index in [1.54, 1.807) is 7.11 Å². The fraction of sp³-hybridized carbons (Fsp3) is 0.353. The first-order valence-electron chi connectivity index (χ1n) is 6.44. The van der Waals surface area contributed by atoms with Gasteiger partial charge in [-0.25, -0.2) is 0 Å². The molecule has 0 aromatic heterocycles. The molecule has 0 atom stereocenters. The van der Waals surface area contributed by atoms with E-state index in [4.69, 9.17) is 10.00 Å². The zero-order valence-corrected chi connectivity index (χ0v) is 11.9. The SMILES string of the molecule is COc1ccc2cc(C(C)(C)C)ccc2c1CC#N. The molecule has 0 aliphatic heterocycles. The monoisotopic (exact) mass is 253 g/mol. The lowest BCUT2D eigenvalue weighted by molar-refractivity contribution is 0.411. The summed E-state index contributed by atoms with van der Waals surface area (Å²) < 4.78 is 5.35. The van der Waals surface area contributed by atoms with Crippen molar-refractivity contribution in [1.82, 2.24) is 0 Å². The smallest absolute Gasteiger partial charge is 0.123 e. The predicted molar refractivity (Wildman–Crippen MR) is 78.5 cm³/mol. The number of nitriles is 1. The molecule has 2 aromatic rings. The van der Waals surface area contributed by atoms with Crippen LogP contribution in [0.5, 0.6) is 5.75 Å². The lowest BCUT2D eigenvalue weighted by Gasteiger charge is -2.20. The summed E-state index contributed by atoms with van der Waals surface area (Å²) in [5.41, 5.74) is 2.40. The zero-order valence-electron chi connectivity index (χ0n) is 11.9. The summed E-state index contributed by atoms with van der Waals surface area (Å²) in [7, 11) is 1.64. The summed E-state index contributed by atoms with van der Waals surface area (Å²) in [6, 6.07) is 12.7. The molecule has 2 rings (SSSR count). The summed E-state index contributed by atoms with van der Waals surface area (Å²) in [6.07, 6.45) is 0.370. The van der Waals surface area contributed by atoms with Gasteiger partial charge >= 0.3 is 0 Å². The van der Waals surface area contributed by atoms with Crippen LogP contribution in [0.4, 0.5) is 0 Å². The molecule has 0 heterocycles. The maximum absolute atomic E-state index is 8.98. The van der Waals surface area contributed by atoms with E-state index in [1.165, 1.54) is 10.9 Å². The molecule has 0 N–H and O–H groups in total. The standard InChI is InChI=1S/C17H19NO/c1-17(2,3)13-6-7-14-12(11-13)5-8-16(19-4)15(14)9-10-18/h5-8,11H,9H2,1-4H3. The molecule has 19 heavy (non-hydrogen) atoms. The average molecular weight is 253 g/mol. The first-order chi connectivity index (χ1) is 8.97. The van der Waals surface area contributed by atoms with Crippen molar-refractivity contribution in [2.24, 2.45) is 0 Å². The van der Waals surface area contributed by atoms with E-state index in [9.17, 15) is 0 Å². The molecule has 2 aromatic carbocycles. The molecule has 0 amide bonds. The number of hydrogen-bond acceptors (Lipinski definition) is 2. The lowest BCUT2D eigenvalue weighted by atomic mass is 9.85. The van der Waals surface area contributed by atoms with Crippen molar-refractivity contribution in [3.05, 3.63) is 41.5 Å². The number of ether oxygens (including phenoxy) is 1. The Morgan fingerprint density at radius 2 is 1.89 bits per heavy atom. The van der Waals surface area contributed by atoms with Gasteiger partial charge < -0.3 is 4.74 Å². The van der Waals surface area contributed by atoms with Crippen molar-refractivity contribution >= 4 is 10.8 Å². The van der Waals surface area contributed by atoms with Gasteiger partial charge in [0.05, 0.1) is 19.6 Å². The Labute approximate surface area is 114 Å². The number of hydrogen-bond donors (Lipinski definition) is 0. The van der Waals surface area contributed by atoms with Crippen LogP contribution >= 0.6 is 0 Å². The van der Waals surface area contributed by atoms with Gasteiger partial charge in [0, 0.05) is 5.56 Å². The van der Waals surface area contributed by atoms with Gasteiger partial charge in [-0.05, 0) is 27.8 Å². The van der Waals surface area contributed by atoms with Crippen LogP contribution in [0, 0.1) is 11.3 Å². The molecule has 0 unspecified atom stereocenters. The fourth-order valence-corrected chi connectivity index (χ4v) is 2.29. The quantitative estimate of drug-likeness (QED) is 0.803. The fourth-order valence-electron chi connectivity index (χ4n) is 2.29. The number of methoxy groups -OCH3 is 1. The van der Waals surface area contributed by atoms with Crippen LogP contribution in [0.25, 0.3) is 10.8 Å². The highest BCUT2D eigenvalue weighted by Crippen LogP contribution is 2.32. The minimum absolute atomic E-state index is 0.128. The molecule has 0 spiro atoms. The zero-order chi connectivity index (χ0) is 14.0. The maximum Gasteiger partial charge on any atom is 0.123 e. The van der Waals surface area contributed by atoms with Crippen LogP contribution in [0.3, 0.4) is 0 Å². The molecule has 0 fully saturated rings. The molecule has 0 saturated heterocycles. The van der Waals surface area contributed by atoms with Crippen molar-refractivity contribution in [2.75, 3.05) is 7.11 Å². The largest absolute Gasteiger partial charge is 0.496 e. The minimum atomic E-state index is 0.128. The number of rotatable bonds is 2. The second kappa shape index (κ2) is 4.93. The van der Waals surface area contributed by atoms with Crippen molar-refractivity contribution < 1.29 is 4.74 Å². The van der Waals surface area contributed by atoms with Gasteiger partial charge in [-0.1, -0.05) is 45.0 Å². The Kier molecular flexibility index (Phi) is 3.48. The van der Waals surface area contributed by atoms with Crippen LogP contribution in [-0.2, 0) is 11.8 Å². The van der Waals surface area contributed by atoms with E-state index < -0.39 is 0 Å². The van der Waals surface area contributed by atoms with E-state index in [0.717, 1.165) is 16.7 Å². The summed E-state index contributed by atoms with van der Waals surface area (Å²) in [5.74, 6) is 0.789. The highest BCUT2D eigenvalue weighted by Gasteiger charge is 2.15. The molecule has 0 radical (unpaired) electrons. The minimum Gasteiger partial charge on any atom is -0.496 e. The van der Waals surface area contributed by atoms with E-state index in [0.29, 0.717) is 6.42 Å². The van der Waals surface area contributed by atoms with Gasteiger partial charge in [0.25, 0.3) is 0 Å². The number of nitrogens with zero attached hydrogens (tertiary/aromatic N) is 1. The number of benzene rings is 2. The van der Waals surface area contributed by atoms with Crippen LogP contribution in [-0.4, -0.2) is 7.11 Å². The molecular formula is C17H19NO. The van der Waals surface area contributed by atoms with Gasteiger partial charge in [-0.2, -0.15) is 5.26 Å². The van der Waals surface area contributed by atoms with E-state index in [-0.39, 0.29) is 5.41 Å². The molecule has 0 aliphatic carbocycles. The van der Waals surface area contributed by atoms with Gasteiger partial charge in [0.15, 0.2) is 0 Å². The topological polar surface area (TPSA) is 33.0 Å². The van der Waals surface area contributed by atoms with Gasteiger partial charge in [-0.3, -0.25) is 0 Å². The molecule has 2 nitrogen and oxygen atoms in total. The Morgan fingerprint density at radius 3 is 2.47 bits per heavy atom. The predicted octanol–water partition coefficient (Wildman–Crippen LogP) is 4.21. The highest BCUT2D eigenvalue weighted by molar-refractivity contribution is 5.88. The molecule has 0 saturated carbocycles. The van der Waals surface area contributed by atoms with Crippen molar-refractivity contribution in [1.29, 1.82) is 5.26 Å². The van der Waals surface area contributed by atoms with E-state index in [2.05, 4.69) is 51.1 Å². The van der Waals surface area contributed by atoms with Crippen molar-refractivity contribution in [3.8, 4) is 11.8 Å². The highest BCUT2D eigenvalue weighted by atomic mass is 16.5. The van der Waals surface area contributed by atoms with Crippen molar-refractivity contribution in [2.45, 2.75) is 32.6 Å². The Morgan fingerprint density at radius 1 is 1.16 bits per heavy atom. The van der Waals surface area contributed by atoms with Crippen LogP contribution in [0.1, 0.15) is 31.9 Å². The summed E-state index contributed by atoms with van der Waals surface area (Å²) in [6.45, 7) is 6.61.